The second-order valence-corrected chi connectivity index (χ2v) is 10.6. The Hall–Kier alpha value is -3.56. The lowest BCUT2D eigenvalue weighted by Crippen LogP contribution is -2.22. The molecular weight excluding hydrogens is 496 g/mol. The Morgan fingerprint density at radius 1 is 0.944 bits per heavy atom. The average molecular weight is 521 g/mol. The molecule has 4 aromatic rings. The van der Waals surface area contributed by atoms with Crippen LogP contribution in [0.4, 0.5) is 5.00 Å². The summed E-state index contributed by atoms with van der Waals surface area (Å²) in [6, 6.07) is 14.8. The van der Waals surface area contributed by atoms with Gasteiger partial charge in [0.2, 0.25) is 0 Å². The lowest BCUT2D eigenvalue weighted by Gasteiger charge is -2.09. The van der Waals surface area contributed by atoms with Gasteiger partial charge < -0.3 is 14.8 Å². The molecule has 1 N–H and O–H groups in total. The molecule has 1 amide bonds. The van der Waals surface area contributed by atoms with Crippen molar-refractivity contribution in [3.8, 4) is 10.6 Å². The first-order chi connectivity index (χ1) is 17.5. The van der Waals surface area contributed by atoms with Crippen LogP contribution in [0, 0.1) is 0 Å². The number of esters is 2. The molecule has 5 rings (SSSR count). The number of amides is 1. The molecule has 0 radical (unpaired) electrons. The van der Waals surface area contributed by atoms with E-state index in [4.69, 9.17) is 9.47 Å². The van der Waals surface area contributed by atoms with Gasteiger partial charge in [-0.3, -0.25) is 4.79 Å². The maximum atomic E-state index is 12.9. The second-order valence-electron chi connectivity index (χ2n) is 8.42. The van der Waals surface area contributed by atoms with Gasteiger partial charge in [-0.15, -0.1) is 22.7 Å². The summed E-state index contributed by atoms with van der Waals surface area (Å²) in [4.78, 5) is 43.9. The maximum Gasteiger partial charge on any atom is 0.341 e. The molecule has 2 aromatic heterocycles. The van der Waals surface area contributed by atoms with Gasteiger partial charge in [0, 0.05) is 10.4 Å². The van der Waals surface area contributed by atoms with Crippen LogP contribution in [0.25, 0.3) is 20.8 Å². The fraction of sp³-hybridized carbons (Fsp3) is 0.259. The van der Waals surface area contributed by atoms with Crippen LogP contribution in [0.5, 0.6) is 0 Å². The van der Waals surface area contributed by atoms with E-state index in [0.29, 0.717) is 26.7 Å². The molecule has 184 valence electrons. The van der Waals surface area contributed by atoms with Crippen molar-refractivity contribution in [3.63, 3.8) is 0 Å². The summed E-state index contributed by atoms with van der Waals surface area (Å²) < 4.78 is 11.4. The van der Waals surface area contributed by atoms with E-state index < -0.39 is 24.5 Å². The molecule has 2 aromatic carbocycles. The van der Waals surface area contributed by atoms with Crippen molar-refractivity contribution in [2.45, 2.75) is 32.1 Å². The summed E-state index contributed by atoms with van der Waals surface area (Å²) in [5.74, 6) is -1.59. The number of carbonyl (C=O) groups is 3. The molecule has 7 nitrogen and oxygen atoms in total. The van der Waals surface area contributed by atoms with Gasteiger partial charge in [-0.1, -0.05) is 36.8 Å². The highest BCUT2D eigenvalue weighted by molar-refractivity contribution is 7.21. The molecule has 1 aliphatic rings. The number of fused-ring (bicyclic) bond motifs is 2. The van der Waals surface area contributed by atoms with Crippen LogP contribution in [0.1, 0.15) is 50.4 Å². The molecule has 2 heterocycles. The van der Waals surface area contributed by atoms with Gasteiger partial charge in [0.05, 0.1) is 28.5 Å². The van der Waals surface area contributed by atoms with Crippen LogP contribution < -0.4 is 5.32 Å². The predicted octanol–water partition coefficient (Wildman–Crippen LogP) is 5.88. The normalized spacial score (nSPS) is 13.0. The Morgan fingerprint density at radius 2 is 1.72 bits per heavy atom. The number of hydrogen-bond acceptors (Lipinski definition) is 8. The van der Waals surface area contributed by atoms with Gasteiger partial charge in [-0.2, -0.15) is 0 Å². The van der Waals surface area contributed by atoms with Crippen molar-refractivity contribution in [1.82, 2.24) is 4.98 Å². The quantitative estimate of drug-likeness (QED) is 0.252. The third kappa shape index (κ3) is 4.89. The topological polar surface area (TPSA) is 94.6 Å². The summed E-state index contributed by atoms with van der Waals surface area (Å²) in [6.45, 7) is -0.476. The van der Waals surface area contributed by atoms with E-state index in [2.05, 4.69) is 10.3 Å². The van der Waals surface area contributed by atoms with E-state index in [1.807, 2.05) is 36.4 Å². The molecule has 0 saturated heterocycles. The molecule has 0 spiro atoms. The first kappa shape index (κ1) is 24.1. The van der Waals surface area contributed by atoms with E-state index in [0.717, 1.165) is 52.8 Å². The van der Waals surface area contributed by atoms with Crippen LogP contribution in [0.2, 0.25) is 0 Å². The van der Waals surface area contributed by atoms with E-state index in [1.165, 1.54) is 29.8 Å². The SMILES string of the molecule is COC(=O)c1c(NC(=O)COC(=O)c2ccccc2-c2nc3ccccc3s2)sc2c1CCCCC2. The van der Waals surface area contributed by atoms with Crippen LogP contribution in [-0.4, -0.2) is 36.5 Å². The largest absolute Gasteiger partial charge is 0.465 e. The van der Waals surface area contributed by atoms with E-state index in [-0.39, 0.29) is 0 Å². The molecule has 9 heteroatoms. The summed E-state index contributed by atoms with van der Waals surface area (Å²) in [6.07, 6.45) is 4.80. The van der Waals surface area contributed by atoms with Gasteiger partial charge >= 0.3 is 11.9 Å². The average Bonchev–Trinajstić information content (AvgIpc) is 3.40. The lowest BCUT2D eigenvalue weighted by molar-refractivity contribution is -0.119. The highest BCUT2D eigenvalue weighted by Gasteiger charge is 2.26. The number of ether oxygens (including phenoxy) is 2. The molecule has 0 fully saturated rings. The molecule has 0 unspecified atom stereocenters. The highest BCUT2D eigenvalue weighted by atomic mass is 32.1. The monoisotopic (exact) mass is 520 g/mol. The van der Waals surface area contributed by atoms with E-state index >= 15 is 0 Å². The first-order valence-electron chi connectivity index (χ1n) is 11.7. The molecule has 0 aliphatic heterocycles. The number of nitrogens with one attached hydrogen (secondary N) is 1. The molecule has 0 atom stereocenters. The van der Waals surface area contributed by atoms with Crippen molar-refractivity contribution in [3.05, 3.63) is 70.1 Å². The minimum Gasteiger partial charge on any atom is -0.465 e. The fourth-order valence-corrected chi connectivity index (χ4v) is 6.65. The van der Waals surface area contributed by atoms with Gasteiger partial charge in [-0.05, 0) is 49.4 Å². The smallest absolute Gasteiger partial charge is 0.341 e. The van der Waals surface area contributed by atoms with Crippen molar-refractivity contribution in [1.29, 1.82) is 0 Å². The van der Waals surface area contributed by atoms with Crippen molar-refractivity contribution >= 4 is 55.7 Å². The van der Waals surface area contributed by atoms with Crippen LogP contribution in [0.15, 0.2) is 48.5 Å². The third-order valence-electron chi connectivity index (χ3n) is 6.07. The minimum atomic E-state index is -0.616. The summed E-state index contributed by atoms with van der Waals surface area (Å²) >= 11 is 2.89. The number of carbonyl (C=O) groups excluding carboxylic acids is 3. The number of rotatable bonds is 6. The zero-order chi connectivity index (χ0) is 25.1. The highest BCUT2D eigenvalue weighted by Crippen LogP contribution is 2.38. The Kier molecular flexibility index (Phi) is 7.11. The van der Waals surface area contributed by atoms with Crippen molar-refractivity contribution in [2.24, 2.45) is 0 Å². The Balaban J connectivity index is 1.31. The van der Waals surface area contributed by atoms with E-state index in [9.17, 15) is 14.4 Å². The maximum absolute atomic E-state index is 12.9. The van der Waals surface area contributed by atoms with Gasteiger partial charge in [0.25, 0.3) is 5.91 Å². The summed E-state index contributed by atoms with van der Waals surface area (Å²) in [7, 11) is 1.33. The fourth-order valence-electron chi connectivity index (χ4n) is 4.36. The van der Waals surface area contributed by atoms with Crippen molar-refractivity contribution in [2.75, 3.05) is 19.0 Å². The first-order valence-corrected chi connectivity index (χ1v) is 13.3. The number of methoxy groups -OCH3 is 1. The lowest BCUT2D eigenvalue weighted by atomic mass is 10.1. The van der Waals surface area contributed by atoms with Crippen LogP contribution >= 0.6 is 22.7 Å². The Labute approximate surface area is 216 Å². The molecule has 0 saturated carbocycles. The number of anilines is 1. The van der Waals surface area contributed by atoms with Crippen molar-refractivity contribution < 1.29 is 23.9 Å². The molecular formula is C27H24N2O5S2. The Morgan fingerprint density at radius 3 is 2.56 bits per heavy atom. The number of thiazole rings is 1. The third-order valence-corrected chi connectivity index (χ3v) is 8.35. The second kappa shape index (κ2) is 10.6. The molecule has 0 bridgehead atoms. The number of nitrogens with zero attached hydrogens (tertiary/aromatic N) is 1. The zero-order valence-corrected chi connectivity index (χ0v) is 21.3. The molecule has 1 aliphatic carbocycles. The number of thiophene rings is 1. The summed E-state index contributed by atoms with van der Waals surface area (Å²) in [5, 5.41) is 3.92. The number of aromatic nitrogens is 1. The minimum absolute atomic E-state index is 0.336. The van der Waals surface area contributed by atoms with Gasteiger partial charge in [0.1, 0.15) is 10.0 Å². The summed E-state index contributed by atoms with van der Waals surface area (Å²) in [5.41, 5.74) is 3.22. The van der Waals surface area contributed by atoms with Crippen LogP contribution in [0.3, 0.4) is 0 Å². The standard InChI is InChI=1S/C27H24N2O5S2/c1-33-27(32)23-18-11-3-2-4-13-20(18)35-25(23)29-22(30)15-34-26(31)17-10-6-5-9-16(17)24-28-19-12-7-8-14-21(19)36-24/h5-10,12,14H,2-4,11,13,15H2,1H3,(H,29,30). The number of hydrogen-bond donors (Lipinski definition) is 1. The van der Waals surface area contributed by atoms with Gasteiger partial charge in [0.15, 0.2) is 6.61 Å². The number of benzene rings is 2. The van der Waals surface area contributed by atoms with Gasteiger partial charge in [-0.25, -0.2) is 14.6 Å². The number of aryl methyl sites for hydroxylation is 1. The zero-order valence-electron chi connectivity index (χ0n) is 19.7. The van der Waals surface area contributed by atoms with E-state index in [1.54, 1.807) is 12.1 Å². The van der Waals surface area contributed by atoms with Crippen LogP contribution in [-0.2, 0) is 27.1 Å². The molecule has 36 heavy (non-hydrogen) atoms. The predicted molar refractivity (Wildman–Crippen MR) is 141 cm³/mol. The number of para-hydroxylation sites is 1. The Bertz CT molecular complexity index is 1420.